The van der Waals surface area contributed by atoms with Crippen molar-refractivity contribution in [3.05, 3.63) is 34.9 Å². The molecule has 136 valence electrons. The van der Waals surface area contributed by atoms with E-state index in [9.17, 15) is 14.4 Å². The molecule has 1 saturated heterocycles. The Morgan fingerprint density at radius 3 is 2.52 bits per heavy atom. The van der Waals surface area contributed by atoms with E-state index in [1.807, 2.05) is 26.0 Å². The maximum absolute atomic E-state index is 12.5. The molecule has 0 saturated carbocycles. The Balaban J connectivity index is 1.84. The number of hydrogen-bond donors (Lipinski definition) is 2. The van der Waals surface area contributed by atoms with Crippen LogP contribution in [-0.2, 0) is 16.0 Å². The number of carbonyl (C=O) groups excluding carboxylic acids is 3. The number of amides is 4. The minimum Gasteiger partial charge on any atom is -0.354 e. The third-order valence-corrected chi connectivity index (χ3v) is 4.36. The van der Waals surface area contributed by atoms with Crippen molar-refractivity contribution in [1.29, 1.82) is 0 Å². The molecule has 1 aliphatic rings. The fraction of sp³-hybridized carbons (Fsp3) is 0.500. The average molecular weight is 366 g/mol. The van der Waals surface area contributed by atoms with Crippen molar-refractivity contribution in [2.45, 2.75) is 39.2 Å². The van der Waals surface area contributed by atoms with Gasteiger partial charge in [0.15, 0.2) is 0 Å². The van der Waals surface area contributed by atoms with E-state index in [0.29, 0.717) is 24.4 Å². The summed E-state index contributed by atoms with van der Waals surface area (Å²) in [6, 6.07) is 6.86. The van der Waals surface area contributed by atoms with Crippen LogP contribution < -0.4 is 10.6 Å². The van der Waals surface area contributed by atoms with Crippen LogP contribution in [0.15, 0.2) is 24.3 Å². The van der Waals surface area contributed by atoms with E-state index in [1.54, 1.807) is 19.1 Å². The summed E-state index contributed by atoms with van der Waals surface area (Å²) in [5.74, 6) is -0.451. The van der Waals surface area contributed by atoms with Gasteiger partial charge in [0.2, 0.25) is 5.91 Å². The van der Waals surface area contributed by atoms with Crippen molar-refractivity contribution in [2.75, 3.05) is 13.1 Å². The summed E-state index contributed by atoms with van der Waals surface area (Å²) in [4.78, 5) is 37.6. The van der Waals surface area contributed by atoms with Crippen molar-refractivity contribution in [3.8, 4) is 0 Å². The molecule has 1 aromatic rings. The molecule has 0 aliphatic carbocycles. The molecule has 1 aliphatic heterocycles. The second kappa shape index (κ2) is 7.87. The molecule has 0 bridgehead atoms. The largest absolute Gasteiger partial charge is 0.354 e. The fourth-order valence-electron chi connectivity index (χ4n) is 3.04. The van der Waals surface area contributed by atoms with E-state index in [-0.39, 0.29) is 24.3 Å². The first-order chi connectivity index (χ1) is 11.7. The monoisotopic (exact) mass is 365 g/mol. The highest BCUT2D eigenvalue weighted by Crippen LogP contribution is 2.24. The highest BCUT2D eigenvalue weighted by molar-refractivity contribution is 6.30. The Labute approximate surface area is 152 Å². The van der Waals surface area contributed by atoms with Crippen LogP contribution in [0, 0.1) is 5.92 Å². The summed E-state index contributed by atoms with van der Waals surface area (Å²) in [5, 5.41) is 6.10. The normalized spacial score (nSPS) is 20.1. The summed E-state index contributed by atoms with van der Waals surface area (Å²) >= 11 is 5.83. The van der Waals surface area contributed by atoms with Crippen LogP contribution in [0.5, 0.6) is 0 Å². The molecule has 7 heteroatoms. The molecule has 1 atom stereocenters. The number of benzene rings is 1. The van der Waals surface area contributed by atoms with Gasteiger partial charge in [-0.3, -0.25) is 14.5 Å². The summed E-state index contributed by atoms with van der Waals surface area (Å²) in [5.41, 5.74) is 0.110. The molecule has 6 nitrogen and oxygen atoms in total. The van der Waals surface area contributed by atoms with Gasteiger partial charge in [-0.25, -0.2) is 4.79 Å². The number of carbonyl (C=O) groups is 3. The molecule has 1 heterocycles. The minimum atomic E-state index is -0.936. The first-order valence-corrected chi connectivity index (χ1v) is 8.74. The average Bonchev–Trinajstić information content (AvgIpc) is 2.71. The van der Waals surface area contributed by atoms with Crippen molar-refractivity contribution < 1.29 is 14.4 Å². The zero-order valence-corrected chi connectivity index (χ0v) is 15.5. The van der Waals surface area contributed by atoms with E-state index in [0.717, 1.165) is 10.5 Å². The van der Waals surface area contributed by atoms with Crippen LogP contribution in [0.2, 0.25) is 5.02 Å². The Morgan fingerprint density at radius 2 is 1.92 bits per heavy atom. The zero-order chi connectivity index (χ0) is 18.6. The fourth-order valence-corrected chi connectivity index (χ4v) is 3.17. The van der Waals surface area contributed by atoms with Crippen LogP contribution in [0.4, 0.5) is 4.79 Å². The molecule has 2 N–H and O–H groups in total. The molecule has 1 unspecified atom stereocenters. The lowest BCUT2D eigenvalue weighted by Gasteiger charge is -2.23. The van der Waals surface area contributed by atoms with Crippen molar-refractivity contribution in [1.82, 2.24) is 15.5 Å². The molecular weight excluding hydrogens is 342 g/mol. The van der Waals surface area contributed by atoms with E-state index in [4.69, 9.17) is 11.6 Å². The number of rotatable bonds is 7. The number of nitrogens with one attached hydrogen (secondary N) is 2. The Kier molecular flexibility index (Phi) is 6.06. The van der Waals surface area contributed by atoms with Gasteiger partial charge in [0.05, 0.1) is 0 Å². The molecule has 25 heavy (non-hydrogen) atoms. The van der Waals surface area contributed by atoms with Gasteiger partial charge in [0.1, 0.15) is 12.1 Å². The highest BCUT2D eigenvalue weighted by atomic mass is 35.5. The SMILES string of the molecule is CC(C)CC1(C)NC(=O)N(CC(=O)NCCc2ccc(Cl)cc2)C1=O. The van der Waals surface area contributed by atoms with Gasteiger partial charge in [0, 0.05) is 11.6 Å². The van der Waals surface area contributed by atoms with E-state index >= 15 is 0 Å². The van der Waals surface area contributed by atoms with Crippen LogP contribution in [0.1, 0.15) is 32.8 Å². The molecule has 0 aromatic heterocycles. The lowest BCUT2D eigenvalue weighted by Crippen LogP contribution is -2.46. The molecule has 0 spiro atoms. The number of hydrogen-bond acceptors (Lipinski definition) is 3. The molecule has 0 radical (unpaired) electrons. The summed E-state index contributed by atoms with van der Waals surface area (Å²) in [7, 11) is 0. The van der Waals surface area contributed by atoms with Gasteiger partial charge in [0.25, 0.3) is 5.91 Å². The standard InChI is InChI=1S/C18H24ClN3O3/c1-12(2)10-18(3)16(24)22(17(25)21-18)11-15(23)20-9-8-13-4-6-14(19)7-5-13/h4-7,12H,8-11H2,1-3H3,(H,20,23)(H,21,25). The van der Waals surface area contributed by atoms with Gasteiger partial charge in [-0.15, -0.1) is 0 Å². The van der Waals surface area contributed by atoms with Crippen LogP contribution in [0.25, 0.3) is 0 Å². The number of halogens is 1. The lowest BCUT2D eigenvalue weighted by molar-refractivity contribution is -0.135. The number of imide groups is 1. The first kappa shape index (κ1) is 19.2. The van der Waals surface area contributed by atoms with Gasteiger partial charge in [-0.05, 0) is 43.4 Å². The van der Waals surface area contributed by atoms with E-state index in [1.165, 1.54) is 0 Å². The summed E-state index contributed by atoms with van der Waals surface area (Å²) in [6.07, 6.45) is 1.18. The molecular formula is C18H24ClN3O3. The Bertz CT molecular complexity index is 660. The van der Waals surface area contributed by atoms with E-state index in [2.05, 4.69) is 10.6 Å². The highest BCUT2D eigenvalue weighted by Gasteiger charge is 2.48. The zero-order valence-electron chi connectivity index (χ0n) is 14.8. The first-order valence-electron chi connectivity index (χ1n) is 8.36. The van der Waals surface area contributed by atoms with Crippen molar-refractivity contribution in [2.24, 2.45) is 5.92 Å². The third-order valence-electron chi connectivity index (χ3n) is 4.11. The second-order valence-corrected chi connectivity index (χ2v) is 7.41. The predicted octanol–water partition coefficient (Wildman–Crippen LogP) is 2.36. The molecule has 1 aromatic carbocycles. The second-order valence-electron chi connectivity index (χ2n) is 6.98. The quantitative estimate of drug-likeness (QED) is 0.728. The van der Waals surface area contributed by atoms with Crippen LogP contribution in [-0.4, -0.2) is 41.4 Å². The van der Waals surface area contributed by atoms with Gasteiger partial charge >= 0.3 is 6.03 Å². The Hall–Kier alpha value is -2.08. The van der Waals surface area contributed by atoms with E-state index < -0.39 is 11.6 Å². The van der Waals surface area contributed by atoms with Crippen molar-refractivity contribution >= 4 is 29.4 Å². The van der Waals surface area contributed by atoms with Crippen LogP contribution in [0.3, 0.4) is 0 Å². The summed E-state index contributed by atoms with van der Waals surface area (Å²) in [6.45, 7) is 5.83. The smallest absolute Gasteiger partial charge is 0.325 e. The lowest BCUT2D eigenvalue weighted by atomic mass is 9.91. The molecule has 2 rings (SSSR count). The summed E-state index contributed by atoms with van der Waals surface area (Å²) < 4.78 is 0. The molecule has 4 amide bonds. The Morgan fingerprint density at radius 1 is 1.28 bits per heavy atom. The number of nitrogens with zero attached hydrogens (tertiary/aromatic N) is 1. The maximum atomic E-state index is 12.5. The van der Waals surface area contributed by atoms with Gasteiger partial charge in [-0.2, -0.15) is 0 Å². The van der Waals surface area contributed by atoms with Crippen LogP contribution >= 0.6 is 11.6 Å². The predicted molar refractivity (Wildman–Crippen MR) is 96.3 cm³/mol. The molecule has 1 fully saturated rings. The van der Waals surface area contributed by atoms with Crippen molar-refractivity contribution in [3.63, 3.8) is 0 Å². The maximum Gasteiger partial charge on any atom is 0.325 e. The topological polar surface area (TPSA) is 78.5 Å². The third kappa shape index (κ3) is 4.95. The van der Waals surface area contributed by atoms with Gasteiger partial charge in [-0.1, -0.05) is 37.6 Å². The van der Waals surface area contributed by atoms with Gasteiger partial charge < -0.3 is 10.6 Å². The minimum absolute atomic E-state index is 0.252. The number of urea groups is 1.